The van der Waals surface area contributed by atoms with Gasteiger partial charge in [-0.25, -0.2) is 9.59 Å². The molecule has 3 rings (SSSR count). The van der Waals surface area contributed by atoms with E-state index in [9.17, 15) is 19.2 Å². The van der Waals surface area contributed by atoms with E-state index in [1.165, 1.54) is 5.56 Å². The lowest BCUT2D eigenvalue weighted by Gasteiger charge is -2.44. The van der Waals surface area contributed by atoms with Crippen molar-refractivity contribution in [3.8, 4) is 0 Å². The summed E-state index contributed by atoms with van der Waals surface area (Å²) in [5, 5.41) is 2.58. The number of hydrogen-bond donors (Lipinski definition) is 1. The second kappa shape index (κ2) is 10.4. The number of esters is 2. The molecular weight excluding hydrogens is 364 g/mol. The molecule has 8 heteroatoms. The van der Waals surface area contributed by atoms with Crippen molar-refractivity contribution in [1.82, 2.24) is 10.2 Å². The lowest BCUT2D eigenvalue weighted by atomic mass is 9.75. The first kappa shape index (κ1) is 21.4. The molecule has 1 saturated carbocycles. The maximum atomic E-state index is 11.7. The zero-order chi connectivity index (χ0) is 20.5. The van der Waals surface area contributed by atoms with E-state index in [4.69, 9.17) is 0 Å². The van der Waals surface area contributed by atoms with Gasteiger partial charge < -0.3 is 19.7 Å². The molecule has 1 aromatic rings. The van der Waals surface area contributed by atoms with Gasteiger partial charge in [0.25, 0.3) is 0 Å². The number of nitrogens with one attached hydrogen (secondary N) is 1. The van der Waals surface area contributed by atoms with Crippen LogP contribution in [-0.4, -0.2) is 61.0 Å². The average Bonchev–Trinajstić information content (AvgIpc) is 2.66. The van der Waals surface area contributed by atoms with Crippen LogP contribution in [0.4, 0.5) is 0 Å². The molecule has 1 heterocycles. The minimum absolute atomic E-state index is 0.192. The molecule has 2 amide bonds. The number of benzene rings is 1. The number of piperazine rings is 1. The highest BCUT2D eigenvalue weighted by atomic mass is 16.6. The van der Waals surface area contributed by atoms with Gasteiger partial charge in [-0.15, -0.1) is 0 Å². The summed E-state index contributed by atoms with van der Waals surface area (Å²) in [5.74, 6) is -2.13. The van der Waals surface area contributed by atoms with Crippen LogP contribution in [0.15, 0.2) is 30.3 Å². The van der Waals surface area contributed by atoms with Gasteiger partial charge in [0.2, 0.25) is 0 Å². The molecule has 8 nitrogen and oxygen atoms in total. The zero-order valence-corrected chi connectivity index (χ0v) is 16.2. The fraction of sp³-hybridized carbons (Fsp3) is 0.500. The van der Waals surface area contributed by atoms with E-state index in [2.05, 4.69) is 26.9 Å². The molecule has 0 atom stereocenters. The maximum Gasteiger partial charge on any atom is 0.417 e. The normalized spacial score (nSPS) is 20.9. The summed E-state index contributed by atoms with van der Waals surface area (Å²) < 4.78 is 8.69. The van der Waals surface area contributed by atoms with Crippen molar-refractivity contribution in [2.24, 2.45) is 0 Å². The summed E-state index contributed by atoms with van der Waals surface area (Å²) in [6, 6.07) is 10.6. The number of amides is 2. The minimum Gasteiger partial charge on any atom is -0.458 e. The summed E-state index contributed by atoms with van der Waals surface area (Å²) in [6.07, 6.45) is 1.95. The van der Waals surface area contributed by atoms with Gasteiger partial charge >= 0.3 is 23.8 Å². The molecule has 2 aliphatic rings. The first-order valence-electron chi connectivity index (χ1n) is 9.45. The van der Waals surface area contributed by atoms with Gasteiger partial charge in [0.15, 0.2) is 0 Å². The summed E-state index contributed by atoms with van der Waals surface area (Å²) in [5.41, 5.74) is 1.34. The van der Waals surface area contributed by atoms with Crippen LogP contribution in [0.3, 0.4) is 0 Å². The second-order valence-electron chi connectivity index (χ2n) is 6.43. The lowest BCUT2D eigenvalue weighted by molar-refractivity contribution is -0.167. The van der Waals surface area contributed by atoms with E-state index < -0.39 is 17.8 Å². The van der Waals surface area contributed by atoms with E-state index in [1.54, 1.807) is 18.7 Å². The van der Waals surface area contributed by atoms with Gasteiger partial charge in [-0.1, -0.05) is 30.3 Å². The summed E-state index contributed by atoms with van der Waals surface area (Å²) in [4.78, 5) is 45.6. The number of carbonyl (C=O) groups excluding carboxylic acids is 4. The molecule has 1 aliphatic carbocycles. The van der Waals surface area contributed by atoms with Crippen molar-refractivity contribution < 1.29 is 28.7 Å². The Labute approximate surface area is 164 Å². The highest BCUT2D eigenvalue weighted by Crippen LogP contribution is 2.39. The molecule has 0 bridgehead atoms. The Kier molecular flexibility index (Phi) is 7.98. The fourth-order valence-electron chi connectivity index (χ4n) is 3.17. The molecule has 0 unspecified atom stereocenters. The van der Waals surface area contributed by atoms with Crippen molar-refractivity contribution in [2.45, 2.75) is 38.6 Å². The third-order valence-electron chi connectivity index (χ3n) is 4.64. The maximum absolute atomic E-state index is 11.7. The first-order chi connectivity index (χ1) is 13.5. The van der Waals surface area contributed by atoms with E-state index in [0.717, 1.165) is 12.8 Å². The second-order valence-corrected chi connectivity index (χ2v) is 6.43. The van der Waals surface area contributed by atoms with Gasteiger partial charge in [-0.3, -0.25) is 9.59 Å². The Hall–Kier alpha value is -2.90. The van der Waals surface area contributed by atoms with Gasteiger partial charge in [0, 0.05) is 19.1 Å². The van der Waals surface area contributed by atoms with Crippen molar-refractivity contribution in [1.29, 1.82) is 0 Å². The van der Waals surface area contributed by atoms with Crippen molar-refractivity contribution in [2.75, 3.05) is 26.3 Å². The highest BCUT2D eigenvalue weighted by molar-refractivity contribution is 6.35. The Morgan fingerprint density at radius 2 is 1.61 bits per heavy atom. The van der Waals surface area contributed by atoms with Crippen molar-refractivity contribution in [3.05, 3.63) is 35.9 Å². The molecule has 0 spiro atoms. The molecule has 1 saturated heterocycles. The minimum atomic E-state index is -0.927. The van der Waals surface area contributed by atoms with E-state index in [1.807, 2.05) is 18.2 Å². The lowest BCUT2D eigenvalue weighted by Crippen LogP contribution is -2.58. The number of ether oxygens (including phenoxy) is 2. The van der Waals surface area contributed by atoms with Crippen LogP contribution in [-0.2, 0) is 28.7 Å². The number of nitrogens with zero attached hydrogens (tertiary/aromatic N) is 1. The zero-order valence-electron chi connectivity index (χ0n) is 16.2. The monoisotopic (exact) mass is 390 g/mol. The molecule has 28 heavy (non-hydrogen) atoms. The third-order valence-corrected chi connectivity index (χ3v) is 4.64. The standard InChI is InChI=1S/C14H16N2O2.C6H10O4/c17-13-14(18)16(7-6-15-13)12-8-11(9-12)10-4-2-1-3-5-10;1-3-9-5(7)6(8)10-4-2/h1-5,11-12H,6-9H2,(H,15,17);3-4H2,1-2H3. The summed E-state index contributed by atoms with van der Waals surface area (Å²) >= 11 is 0. The van der Waals surface area contributed by atoms with Gasteiger partial charge in [0.05, 0.1) is 13.2 Å². The summed E-state index contributed by atoms with van der Waals surface area (Å²) in [7, 11) is 0. The Balaban J connectivity index is 0.000000242. The Morgan fingerprint density at radius 1 is 1.04 bits per heavy atom. The highest BCUT2D eigenvalue weighted by Gasteiger charge is 2.39. The number of rotatable bonds is 4. The topological polar surface area (TPSA) is 102 Å². The number of hydrogen-bond acceptors (Lipinski definition) is 6. The fourth-order valence-corrected chi connectivity index (χ4v) is 3.17. The quantitative estimate of drug-likeness (QED) is 0.608. The molecule has 1 N–H and O–H groups in total. The average molecular weight is 390 g/mol. The van der Waals surface area contributed by atoms with Crippen molar-refractivity contribution >= 4 is 23.8 Å². The molecular formula is C20H26N2O6. The van der Waals surface area contributed by atoms with Gasteiger partial charge in [-0.2, -0.15) is 0 Å². The van der Waals surface area contributed by atoms with Crippen molar-refractivity contribution in [3.63, 3.8) is 0 Å². The molecule has 1 aromatic carbocycles. The van der Waals surface area contributed by atoms with Gasteiger partial charge in [0.1, 0.15) is 0 Å². The molecule has 1 aliphatic heterocycles. The van der Waals surface area contributed by atoms with Crippen LogP contribution in [0.2, 0.25) is 0 Å². The van der Waals surface area contributed by atoms with Gasteiger partial charge in [-0.05, 0) is 38.2 Å². The van der Waals surface area contributed by atoms with E-state index >= 15 is 0 Å². The largest absolute Gasteiger partial charge is 0.458 e. The van der Waals surface area contributed by atoms with Crippen LogP contribution >= 0.6 is 0 Å². The first-order valence-corrected chi connectivity index (χ1v) is 9.45. The SMILES string of the molecule is CCOC(=O)C(=O)OCC.O=C1NCCN(C2CC(c3ccccc3)C2)C1=O. The number of carbonyl (C=O) groups is 4. The third kappa shape index (κ3) is 5.55. The Bertz CT molecular complexity index is 684. The van der Waals surface area contributed by atoms with Crippen LogP contribution in [0, 0.1) is 0 Å². The molecule has 152 valence electrons. The predicted octanol–water partition coefficient (Wildman–Crippen LogP) is 1.00. The van der Waals surface area contributed by atoms with E-state index in [0.29, 0.717) is 19.0 Å². The van der Waals surface area contributed by atoms with Crippen LogP contribution in [0.25, 0.3) is 0 Å². The molecule has 0 aromatic heterocycles. The molecule has 2 fully saturated rings. The van der Waals surface area contributed by atoms with E-state index in [-0.39, 0.29) is 25.2 Å². The predicted molar refractivity (Wildman–Crippen MR) is 100 cm³/mol. The summed E-state index contributed by atoms with van der Waals surface area (Å²) in [6.45, 7) is 4.86. The van der Waals surface area contributed by atoms with Crippen LogP contribution in [0.5, 0.6) is 0 Å². The van der Waals surface area contributed by atoms with Crippen LogP contribution in [0.1, 0.15) is 38.2 Å². The smallest absolute Gasteiger partial charge is 0.417 e. The van der Waals surface area contributed by atoms with Crippen LogP contribution < -0.4 is 5.32 Å². The Morgan fingerprint density at radius 3 is 2.14 bits per heavy atom. The molecule has 0 radical (unpaired) electrons.